The molecule has 0 aliphatic heterocycles. The van der Waals surface area contributed by atoms with E-state index in [0.717, 1.165) is 80.2 Å². The monoisotopic (exact) mass is 619 g/mol. The summed E-state index contributed by atoms with van der Waals surface area (Å²) in [4.78, 5) is 56.4. The summed E-state index contributed by atoms with van der Waals surface area (Å²) >= 11 is 0. The van der Waals surface area contributed by atoms with Gasteiger partial charge >= 0.3 is 0 Å². The van der Waals surface area contributed by atoms with Crippen molar-refractivity contribution in [3.8, 4) is 0 Å². The topological polar surface area (TPSA) is 104 Å². The number of amides is 2. The third-order valence-electron chi connectivity index (χ3n) is 9.00. The van der Waals surface area contributed by atoms with E-state index in [1.165, 1.54) is 0 Å². The summed E-state index contributed by atoms with van der Waals surface area (Å²) in [6.45, 7) is 19.1. The summed E-state index contributed by atoms with van der Waals surface area (Å²) in [6.07, 6.45) is 4.44. The number of nitrogens with zero attached hydrogens (tertiary/aromatic N) is 3. The molecule has 1 aromatic heterocycles. The second-order valence-electron chi connectivity index (χ2n) is 11.7. The van der Waals surface area contributed by atoms with Gasteiger partial charge in [-0.2, -0.15) is 0 Å². The number of benzene rings is 2. The predicted octanol–water partition coefficient (Wildman–Crippen LogP) is 5.29. The Balaban J connectivity index is 1.96. The number of carbonyl (C=O) groups excluding carboxylic acids is 4. The van der Waals surface area contributed by atoms with Crippen molar-refractivity contribution in [2.45, 2.75) is 73.8 Å². The number of carbonyl (C=O) groups is 4. The van der Waals surface area contributed by atoms with Gasteiger partial charge in [-0.3, -0.25) is 19.2 Å². The molecule has 45 heavy (non-hydrogen) atoms. The lowest BCUT2D eigenvalue weighted by Gasteiger charge is -2.18. The number of unbranched alkanes of at least 4 members (excludes halogenated alkanes) is 1. The van der Waals surface area contributed by atoms with Crippen molar-refractivity contribution in [2.24, 2.45) is 5.92 Å². The van der Waals surface area contributed by atoms with Crippen LogP contribution in [0.25, 0.3) is 21.8 Å². The Morgan fingerprint density at radius 3 is 1.51 bits per heavy atom. The van der Waals surface area contributed by atoms with Crippen LogP contribution in [-0.2, 0) is 16.1 Å². The highest BCUT2D eigenvalue weighted by Crippen LogP contribution is 2.33. The van der Waals surface area contributed by atoms with Crippen LogP contribution in [0.2, 0.25) is 0 Å². The van der Waals surface area contributed by atoms with Crippen LogP contribution in [0, 0.1) is 5.92 Å². The number of Topliss-reactive ketones (excluding diaryl/α,β-unsaturated/α-hetero) is 2. The van der Waals surface area contributed by atoms with Crippen LogP contribution in [0.5, 0.6) is 0 Å². The Morgan fingerprint density at radius 1 is 0.689 bits per heavy atom. The van der Waals surface area contributed by atoms with Gasteiger partial charge in [0.1, 0.15) is 0 Å². The highest BCUT2D eigenvalue weighted by molar-refractivity contribution is 6.44. The molecule has 0 fully saturated rings. The van der Waals surface area contributed by atoms with E-state index in [1.54, 1.807) is 24.3 Å². The zero-order chi connectivity index (χ0) is 32.9. The molecule has 1 unspecified atom stereocenters. The van der Waals surface area contributed by atoms with Gasteiger partial charge < -0.3 is 25.0 Å². The predicted molar refractivity (Wildman–Crippen MR) is 183 cm³/mol. The van der Waals surface area contributed by atoms with E-state index in [9.17, 15) is 19.2 Å². The lowest BCUT2D eigenvalue weighted by molar-refractivity contribution is -0.117. The summed E-state index contributed by atoms with van der Waals surface area (Å²) in [5.41, 5.74) is 2.47. The third kappa shape index (κ3) is 9.23. The van der Waals surface area contributed by atoms with Crippen LogP contribution < -0.4 is 10.6 Å². The van der Waals surface area contributed by atoms with E-state index < -0.39 is 23.4 Å². The van der Waals surface area contributed by atoms with Crippen molar-refractivity contribution in [3.63, 3.8) is 0 Å². The van der Waals surface area contributed by atoms with E-state index >= 15 is 0 Å². The maximum Gasteiger partial charge on any atom is 0.292 e. The van der Waals surface area contributed by atoms with Gasteiger partial charge in [-0.25, -0.2) is 0 Å². The second kappa shape index (κ2) is 17.8. The van der Waals surface area contributed by atoms with Crippen LogP contribution in [0.15, 0.2) is 36.4 Å². The fourth-order valence-electron chi connectivity index (χ4n) is 5.92. The smallest absolute Gasteiger partial charge is 0.292 e. The molecular weight excluding hydrogens is 566 g/mol. The molecule has 2 aromatic carbocycles. The van der Waals surface area contributed by atoms with Gasteiger partial charge in [0.05, 0.1) is 0 Å². The van der Waals surface area contributed by atoms with E-state index in [-0.39, 0.29) is 0 Å². The molecule has 0 radical (unpaired) electrons. The third-order valence-corrected chi connectivity index (χ3v) is 9.00. The number of ketones is 2. The summed E-state index contributed by atoms with van der Waals surface area (Å²) in [6, 6.07) is 10.7. The number of hydrogen-bond donors (Lipinski definition) is 2. The van der Waals surface area contributed by atoms with Gasteiger partial charge in [0.15, 0.2) is 0 Å². The first-order valence-corrected chi connectivity index (χ1v) is 16.9. The van der Waals surface area contributed by atoms with Crippen molar-refractivity contribution in [2.75, 3.05) is 52.4 Å². The minimum Gasteiger partial charge on any atom is -0.348 e. The molecule has 0 bridgehead atoms. The zero-order valence-electron chi connectivity index (χ0n) is 28.2. The second-order valence-corrected chi connectivity index (χ2v) is 11.7. The molecular formula is C36H53N5O4. The highest BCUT2D eigenvalue weighted by atomic mass is 16.2. The minimum atomic E-state index is -0.631. The summed E-state index contributed by atoms with van der Waals surface area (Å²) in [5, 5.41) is 7.10. The molecule has 3 rings (SSSR count). The quantitative estimate of drug-likeness (QED) is 0.132. The average molecular weight is 620 g/mol. The summed E-state index contributed by atoms with van der Waals surface area (Å²) < 4.78 is 2.26. The molecule has 1 heterocycles. The molecule has 0 saturated heterocycles. The van der Waals surface area contributed by atoms with Crippen molar-refractivity contribution in [1.82, 2.24) is 25.0 Å². The molecule has 246 valence electrons. The van der Waals surface area contributed by atoms with Crippen molar-refractivity contribution in [3.05, 3.63) is 47.5 Å². The highest BCUT2D eigenvalue weighted by Gasteiger charge is 2.22. The zero-order valence-corrected chi connectivity index (χ0v) is 28.2. The number of rotatable bonds is 20. The van der Waals surface area contributed by atoms with Gasteiger partial charge in [0, 0.05) is 65.7 Å². The van der Waals surface area contributed by atoms with Gasteiger partial charge in [0.25, 0.3) is 11.8 Å². The molecule has 0 spiro atoms. The van der Waals surface area contributed by atoms with Crippen LogP contribution >= 0.6 is 0 Å². The molecule has 9 nitrogen and oxygen atoms in total. The summed E-state index contributed by atoms with van der Waals surface area (Å²) in [7, 11) is 0. The van der Waals surface area contributed by atoms with E-state index in [4.69, 9.17) is 0 Å². The lowest BCUT2D eigenvalue weighted by atomic mass is 9.99. The molecule has 2 N–H and O–H groups in total. The first-order chi connectivity index (χ1) is 21.7. The molecule has 1 atom stereocenters. The van der Waals surface area contributed by atoms with Gasteiger partial charge in [0.2, 0.25) is 11.6 Å². The van der Waals surface area contributed by atoms with Crippen molar-refractivity contribution >= 4 is 45.2 Å². The fraction of sp³-hybridized carbons (Fsp3) is 0.556. The molecule has 0 aliphatic rings. The van der Waals surface area contributed by atoms with E-state index in [1.807, 2.05) is 12.1 Å². The van der Waals surface area contributed by atoms with Crippen LogP contribution in [0.3, 0.4) is 0 Å². The minimum absolute atomic E-state index is 0.297. The molecule has 0 saturated carbocycles. The van der Waals surface area contributed by atoms with Gasteiger partial charge in [-0.1, -0.05) is 60.8 Å². The Hall–Kier alpha value is -3.56. The number of fused-ring (bicyclic) bond motifs is 3. The Labute approximate surface area is 268 Å². The van der Waals surface area contributed by atoms with Crippen LogP contribution in [-0.4, -0.2) is 90.1 Å². The average Bonchev–Trinajstić information content (AvgIpc) is 3.37. The first-order valence-electron chi connectivity index (χ1n) is 16.9. The summed E-state index contributed by atoms with van der Waals surface area (Å²) in [5.74, 6) is -1.97. The number of hydrogen-bond acceptors (Lipinski definition) is 6. The van der Waals surface area contributed by atoms with Crippen LogP contribution in [0.1, 0.15) is 87.9 Å². The first kappa shape index (κ1) is 35.9. The Morgan fingerprint density at radius 2 is 1.13 bits per heavy atom. The molecule has 9 heteroatoms. The molecule has 0 aliphatic carbocycles. The maximum absolute atomic E-state index is 13.2. The fourth-order valence-corrected chi connectivity index (χ4v) is 5.92. The van der Waals surface area contributed by atoms with E-state index in [0.29, 0.717) is 43.2 Å². The largest absolute Gasteiger partial charge is 0.348 e. The number of aromatic nitrogens is 1. The SMILES string of the molecule is CCCCC(CC)Cn1c2ccc(C(=O)C(=O)NCCN(CC)CC)cc2c2cc(C(=O)C(=O)NCCN(CC)CC)ccc21. The Bertz CT molecular complexity index is 1360. The van der Waals surface area contributed by atoms with E-state index in [2.05, 4.69) is 66.5 Å². The van der Waals surface area contributed by atoms with Gasteiger partial charge in [-0.15, -0.1) is 0 Å². The molecule has 3 aromatic rings. The van der Waals surface area contributed by atoms with Gasteiger partial charge in [-0.05, 0) is 74.9 Å². The Kier molecular flexibility index (Phi) is 14.2. The van der Waals surface area contributed by atoms with Crippen LogP contribution in [0.4, 0.5) is 0 Å². The number of likely N-dealkylation sites (N-methyl/N-ethyl adjacent to an activating group) is 2. The normalized spacial score (nSPS) is 12.3. The maximum atomic E-state index is 13.2. The standard InChI is InChI=1S/C36H53N5O4/c1-7-13-14-26(8-2)25-41-31-17-15-27(33(42)35(44)37-19-21-39(9-3)10-4)23-29(31)30-24-28(16-18-32(30)41)34(43)36(45)38-20-22-40(11-5)12-6/h15-18,23-24,26H,7-14,19-22,25H2,1-6H3,(H,37,44)(H,38,45). The van der Waals surface area contributed by atoms with Crippen molar-refractivity contribution < 1.29 is 19.2 Å². The molecule has 2 amide bonds. The number of nitrogens with one attached hydrogen (secondary N) is 2. The lowest BCUT2D eigenvalue weighted by Crippen LogP contribution is -2.38. The van der Waals surface area contributed by atoms with Crippen molar-refractivity contribution in [1.29, 1.82) is 0 Å².